The molecular formula is C16H23NO. The third-order valence-corrected chi connectivity index (χ3v) is 4.47. The van der Waals surface area contributed by atoms with E-state index in [-0.39, 0.29) is 11.7 Å². The standard InChI is InChI=1S/C16H23NO/c1-2-13-7-3-4-8-14(13)15-11-17-12-16(18-15)9-5-6-10-16/h3-4,7-8,15,17H,2,5-6,9-12H2,1H3. The summed E-state index contributed by atoms with van der Waals surface area (Å²) in [5.74, 6) is 0. The number of morpholine rings is 1. The van der Waals surface area contributed by atoms with E-state index in [0.29, 0.717) is 0 Å². The van der Waals surface area contributed by atoms with E-state index in [1.165, 1.54) is 36.8 Å². The Hall–Kier alpha value is -0.860. The fraction of sp³-hybridized carbons (Fsp3) is 0.625. The van der Waals surface area contributed by atoms with Crippen LogP contribution in [-0.2, 0) is 11.2 Å². The van der Waals surface area contributed by atoms with Gasteiger partial charge in [-0.2, -0.15) is 0 Å². The molecule has 2 aliphatic rings. The lowest BCUT2D eigenvalue weighted by molar-refractivity contribution is -0.114. The summed E-state index contributed by atoms with van der Waals surface area (Å²) < 4.78 is 6.50. The maximum Gasteiger partial charge on any atom is 0.0960 e. The van der Waals surface area contributed by atoms with E-state index in [2.05, 4.69) is 36.5 Å². The molecule has 1 spiro atoms. The number of nitrogens with one attached hydrogen (secondary N) is 1. The lowest BCUT2D eigenvalue weighted by Crippen LogP contribution is -2.49. The third kappa shape index (κ3) is 2.19. The molecule has 1 unspecified atom stereocenters. The average molecular weight is 245 g/mol. The number of hydrogen-bond donors (Lipinski definition) is 1. The van der Waals surface area contributed by atoms with Gasteiger partial charge in [-0.3, -0.25) is 0 Å². The van der Waals surface area contributed by atoms with Crippen molar-refractivity contribution in [1.82, 2.24) is 5.32 Å². The highest BCUT2D eigenvalue weighted by Crippen LogP contribution is 2.39. The quantitative estimate of drug-likeness (QED) is 0.863. The molecule has 1 aliphatic carbocycles. The van der Waals surface area contributed by atoms with Crippen LogP contribution in [0.15, 0.2) is 24.3 Å². The minimum atomic E-state index is 0.129. The fourth-order valence-electron chi connectivity index (χ4n) is 3.47. The topological polar surface area (TPSA) is 21.3 Å². The van der Waals surface area contributed by atoms with Gasteiger partial charge in [-0.05, 0) is 30.4 Å². The van der Waals surface area contributed by atoms with Gasteiger partial charge in [0.05, 0.1) is 11.7 Å². The van der Waals surface area contributed by atoms with Crippen LogP contribution in [0.2, 0.25) is 0 Å². The molecule has 1 atom stereocenters. The number of benzene rings is 1. The van der Waals surface area contributed by atoms with Gasteiger partial charge in [0, 0.05) is 13.1 Å². The van der Waals surface area contributed by atoms with Crippen molar-refractivity contribution in [3.05, 3.63) is 35.4 Å². The van der Waals surface area contributed by atoms with E-state index < -0.39 is 0 Å². The highest BCUT2D eigenvalue weighted by atomic mass is 16.5. The van der Waals surface area contributed by atoms with E-state index >= 15 is 0 Å². The summed E-state index contributed by atoms with van der Waals surface area (Å²) in [6, 6.07) is 8.73. The second kappa shape index (κ2) is 5.02. The smallest absolute Gasteiger partial charge is 0.0960 e. The minimum Gasteiger partial charge on any atom is -0.364 e. The molecule has 1 heterocycles. The van der Waals surface area contributed by atoms with Gasteiger partial charge < -0.3 is 10.1 Å². The van der Waals surface area contributed by atoms with Gasteiger partial charge in [-0.15, -0.1) is 0 Å². The van der Waals surface area contributed by atoms with Crippen LogP contribution in [0.4, 0.5) is 0 Å². The maximum atomic E-state index is 6.50. The highest BCUT2D eigenvalue weighted by Gasteiger charge is 2.40. The van der Waals surface area contributed by atoms with Crippen molar-refractivity contribution < 1.29 is 4.74 Å². The van der Waals surface area contributed by atoms with E-state index in [4.69, 9.17) is 4.74 Å². The molecule has 1 saturated heterocycles. The van der Waals surface area contributed by atoms with E-state index in [0.717, 1.165) is 19.5 Å². The molecule has 2 nitrogen and oxygen atoms in total. The van der Waals surface area contributed by atoms with Crippen LogP contribution in [0.1, 0.15) is 49.8 Å². The van der Waals surface area contributed by atoms with Gasteiger partial charge in [0.25, 0.3) is 0 Å². The van der Waals surface area contributed by atoms with Crippen LogP contribution in [0.5, 0.6) is 0 Å². The van der Waals surface area contributed by atoms with Crippen LogP contribution >= 0.6 is 0 Å². The maximum absolute atomic E-state index is 6.50. The van der Waals surface area contributed by atoms with Crippen molar-refractivity contribution in [2.75, 3.05) is 13.1 Å². The molecule has 0 aromatic heterocycles. The first-order valence-electron chi connectivity index (χ1n) is 7.29. The largest absolute Gasteiger partial charge is 0.364 e. The zero-order valence-corrected chi connectivity index (χ0v) is 11.2. The summed E-state index contributed by atoms with van der Waals surface area (Å²) in [7, 11) is 0. The molecule has 1 aliphatic heterocycles. The Labute approximate surface area is 110 Å². The molecule has 1 aromatic carbocycles. The van der Waals surface area contributed by atoms with Crippen molar-refractivity contribution in [3.8, 4) is 0 Å². The molecule has 2 fully saturated rings. The molecular weight excluding hydrogens is 222 g/mol. The Balaban J connectivity index is 1.83. The molecule has 1 N–H and O–H groups in total. The molecule has 98 valence electrons. The lowest BCUT2D eigenvalue weighted by Gasteiger charge is -2.40. The van der Waals surface area contributed by atoms with Crippen molar-refractivity contribution in [3.63, 3.8) is 0 Å². The first-order valence-corrected chi connectivity index (χ1v) is 7.29. The monoisotopic (exact) mass is 245 g/mol. The molecule has 0 bridgehead atoms. The second-order valence-electron chi connectivity index (χ2n) is 5.68. The first kappa shape index (κ1) is 12.2. The summed E-state index contributed by atoms with van der Waals surface area (Å²) in [4.78, 5) is 0. The zero-order valence-electron chi connectivity index (χ0n) is 11.2. The van der Waals surface area contributed by atoms with Gasteiger partial charge in [-0.25, -0.2) is 0 Å². The Bertz CT molecular complexity index is 409. The number of hydrogen-bond acceptors (Lipinski definition) is 2. The molecule has 2 heteroatoms. The zero-order chi connectivity index (χ0) is 12.4. The van der Waals surface area contributed by atoms with Crippen LogP contribution in [0.3, 0.4) is 0 Å². The number of aryl methyl sites for hydroxylation is 1. The van der Waals surface area contributed by atoms with Crippen molar-refractivity contribution in [1.29, 1.82) is 0 Å². The summed E-state index contributed by atoms with van der Waals surface area (Å²) >= 11 is 0. The average Bonchev–Trinajstić information content (AvgIpc) is 2.86. The van der Waals surface area contributed by atoms with Crippen molar-refractivity contribution >= 4 is 0 Å². The molecule has 18 heavy (non-hydrogen) atoms. The predicted octanol–water partition coefficient (Wildman–Crippen LogP) is 3.22. The van der Waals surface area contributed by atoms with Crippen LogP contribution < -0.4 is 5.32 Å². The Kier molecular flexibility index (Phi) is 3.40. The SMILES string of the molecule is CCc1ccccc1C1CNCC2(CCCC2)O1. The summed E-state index contributed by atoms with van der Waals surface area (Å²) in [5.41, 5.74) is 2.95. The predicted molar refractivity (Wildman–Crippen MR) is 73.7 cm³/mol. The lowest BCUT2D eigenvalue weighted by atomic mass is 9.95. The van der Waals surface area contributed by atoms with Gasteiger partial charge >= 0.3 is 0 Å². The van der Waals surface area contributed by atoms with Crippen LogP contribution in [0.25, 0.3) is 0 Å². The Morgan fingerprint density at radius 1 is 1.28 bits per heavy atom. The second-order valence-corrected chi connectivity index (χ2v) is 5.68. The molecule has 1 aromatic rings. The van der Waals surface area contributed by atoms with Gasteiger partial charge in [0.1, 0.15) is 0 Å². The third-order valence-electron chi connectivity index (χ3n) is 4.47. The molecule has 1 saturated carbocycles. The summed E-state index contributed by atoms with van der Waals surface area (Å²) in [6.07, 6.45) is 6.43. The summed E-state index contributed by atoms with van der Waals surface area (Å²) in [5, 5.41) is 3.59. The van der Waals surface area contributed by atoms with Crippen LogP contribution in [-0.4, -0.2) is 18.7 Å². The van der Waals surface area contributed by atoms with E-state index in [1.807, 2.05) is 0 Å². The van der Waals surface area contributed by atoms with Crippen molar-refractivity contribution in [2.45, 2.75) is 50.7 Å². The Morgan fingerprint density at radius 2 is 2.06 bits per heavy atom. The molecule has 0 radical (unpaired) electrons. The Morgan fingerprint density at radius 3 is 2.83 bits per heavy atom. The normalized spacial score (nSPS) is 26.6. The fourth-order valence-corrected chi connectivity index (χ4v) is 3.47. The van der Waals surface area contributed by atoms with E-state index in [9.17, 15) is 0 Å². The molecule has 0 amide bonds. The van der Waals surface area contributed by atoms with E-state index in [1.54, 1.807) is 0 Å². The van der Waals surface area contributed by atoms with Crippen molar-refractivity contribution in [2.24, 2.45) is 0 Å². The summed E-state index contributed by atoms with van der Waals surface area (Å²) in [6.45, 7) is 4.22. The van der Waals surface area contributed by atoms with Crippen LogP contribution in [0, 0.1) is 0 Å². The number of ether oxygens (including phenoxy) is 1. The van der Waals surface area contributed by atoms with Gasteiger partial charge in [-0.1, -0.05) is 44.0 Å². The minimum absolute atomic E-state index is 0.129. The van der Waals surface area contributed by atoms with Gasteiger partial charge in [0.2, 0.25) is 0 Å². The number of rotatable bonds is 2. The first-order chi connectivity index (χ1) is 8.83. The highest BCUT2D eigenvalue weighted by molar-refractivity contribution is 5.30. The van der Waals surface area contributed by atoms with Gasteiger partial charge in [0.15, 0.2) is 0 Å². The molecule has 3 rings (SSSR count).